The summed E-state index contributed by atoms with van der Waals surface area (Å²) in [6.45, 7) is 9.07. The van der Waals surface area contributed by atoms with Crippen molar-refractivity contribution in [3.05, 3.63) is 192 Å². The maximum Gasteiger partial charge on any atom is -0.000718 e. The van der Waals surface area contributed by atoms with Gasteiger partial charge in [-0.3, -0.25) is 0 Å². The summed E-state index contributed by atoms with van der Waals surface area (Å²) in [5, 5.41) is 18.6. The molecule has 0 aliphatic rings. The number of hydrogen-bond donors (Lipinski definition) is 0. The molecule has 0 atom stereocenters. The zero-order chi connectivity index (χ0) is 38.8. The summed E-state index contributed by atoms with van der Waals surface area (Å²) in [6, 6.07) is 64.1. The third kappa shape index (κ3) is 4.41. The van der Waals surface area contributed by atoms with Crippen molar-refractivity contribution in [3.8, 4) is 44.5 Å². The molecule has 0 aliphatic heterocycles. The molecule has 0 aliphatic carbocycles. The van der Waals surface area contributed by atoms with E-state index in [-0.39, 0.29) is 0 Å². The molecule has 272 valence electrons. The van der Waals surface area contributed by atoms with Gasteiger partial charge >= 0.3 is 0 Å². The zero-order valence-corrected chi connectivity index (χ0v) is 33.2. The van der Waals surface area contributed by atoms with E-state index in [1.807, 2.05) is 0 Å². The topological polar surface area (TPSA) is 0 Å². The highest BCUT2D eigenvalue weighted by molar-refractivity contribution is 6.45. The molecule has 58 heavy (non-hydrogen) atoms. The van der Waals surface area contributed by atoms with Gasteiger partial charge in [0.2, 0.25) is 0 Å². The van der Waals surface area contributed by atoms with Crippen molar-refractivity contribution in [2.75, 3.05) is 0 Å². The molecule has 0 saturated heterocycles. The molecule has 0 N–H and O–H groups in total. The second-order valence-electron chi connectivity index (χ2n) is 16.5. The van der Waals surface area contributed by atoms with Crippen LogP contribution in [0.2, 0.25) is 0 Å². The van der Waals surface area contributed by atoms with E-state index in [0.717, 1.165) is 0 Å². The Hall–Kier alpha value is -7.02. The van der Waals surface area contributed by atoms with Crippen LogP contribution in [0.4, 0.5) is 0 Å². The first kappa shape index (κ1) is 33.2. The van der Waals surface area contributed by atoms with Crippen LogP contribution in [0.5, 0.6) is 0 Å². The van der Waals surface area contributed by atoms with Crippen molar-refractivity contribution >= 4 is 75.4 Å². The zero-order valence-electron chi connectivity index (χ0n) is 33.2. The molecule has 0 saturated carbocycles. The number of aryl methyl sites for hydroxylation is 4. The van der Waals surface area contributed by atoms with Gasteiger partial charge in [-0.1, -0.05) is 164 Å². The van der Waals surface area contributed by atoms with E-state index in [0.29, 0.717) is 0 Å². The van der Waals surface area contributed by atoms with Crippen LogP contribution < -0.4 is 0 Å². The quantitative estimate of drug-likeness (QED) is 0.158. The molecule has 12 rings (SSSR count). The molecule has 0 heterocycles. The van der Waals surface area contributed by atoms with E-state index >= 15 is 0 Å². The van der Waals surface area contributed by atoms with Crippen LogP contribution in [0.15, 0.2) is 170 Å². The Bertz CT molecular complexity index is 3600. The van der Waals surface area contributed by atoms with Crippen LogP contribution >= 0.6 is 0 Å². The summed E-state index contributed by atoms with van der Waals surface area (Å²) in [7, 11) is 0. The second kappa shape index (κ2) is 12.2. The summed E-state index contributed by atoms with van der Waals surface area (Å²) in [5.41, 5.74) is 15.6. The van der Waals surface area contributed by atoms with Gasteiger partial charge in [0.1, 0.15) is 0 Å². The van der Waals surface area contributed by atoms with Gasteiger partial charge in [0.05, 0.1) is 0 Å². The Morgan fingerprint density at radius 2 is 0.707 bits per heavy atom. The van der Waals surface area contributed by atoms with Gasteiger partial charge in [-0.05, 0) is 176 Å². The summed E-state index contributed by atoms with van der Waals surface area (Å²) in [4.78, 5) is 0. The summed E-state index contributed by atoms with van der Waals surface area (Å²) >= 11 is 0. The van der Waals surface area contributed by atoms with Crippen molar-refractivity contribution in [2.24, 2.45) is 0 Å². The third-order valence-electron chi connectivity index (χ3n) is 13.3. The van der Waals surface area contributed by atoms with E-state index in [4.69, 9.17) is 0 Å². The van der Waals surface area contributed by atoms with Gasteiger partial charge in [-0.15, -0.1) is 0 Å². The second-order valence-corrected chi connectivity index (χ2v) is 16.5. The number of rotatable bonds is 4. The fourth-order valence-electron chi connectivity index (χ4n) is 11.0. The molecule has 0 heteroatoms. The number of fused-ring (bicyclic) bond motifs is 8. The van der Waals surface area contributed by atoms with Crippen molar-refractivity contribution in [1.82, 2.24) is 0 Å². The minimum absolute atomic E-state index is 1.25. The van der Waals surface area contributed by atoms with Crippen molar-refractivity contribution in [1.29, 1.82) is 0 Å². The first-order valence-corrected chi connectivity index (χ1v) is 20.5. The van der Waals surface area contributed by atoms with Crippen LogP contribution in [0.25, 0.3) is 120 Å². The first-order chi connectivity index (χ1) is 28.5. The number of benzene rings is 10. The molecule has 0 aromatic heterocycles. The standard InChI is InChI=1S/C58H40/c1-33-16-12-17-34(2)50(33)42-25-11-10-23-39(42)41-30-31-47-53-44(41)27-15-29-46(53)57-56(47)52(37-20-6-5-7-21-37)55-45-28-14-26-43-38-22-8-9-24-40(38)48(54(43)45)32-49(55)58(57)51-35(3)18-13-19-36(51)4/h5-32H,1-4H3. The van der Waals surface area contributed by atoms with Crippen molar-refractivity contribution in [2.45, 2.75) is 27.7 Å². The van der Waals surface area contributed by atoms with Crippen LogP contribution in [0, 0.1) is 27.7 Å². The Balaban J connectivity index is 1.34. The Morgan fingerprint density at radius 3 is 1.41 bits per heavy atom. The van der Waals surface area contributed by atoms with Crippen molar-refractivity contribution < 1.29 is 0 Å². The maximum absolute atomic E-state index is 2.55. The number of hydrogen-bond acceptors (Lipinski definition) is 0. The Labute approximate surface area is 338 Å². The SMILES string of the molecule is Cc1cccc(C)c1-c1ccccc1-c1ccc2c3c(-c4ccccc4)c4c(cc5c6ccccc6c6cccc4c65)c(-c4c(C)cccc4C)c3c3cccc1c32. The summed E-state index contributed by atoms with van der Waals surface area (Å²) in [6.07, 6.45) is 0. The highest BCUT2D eigenvalue weighted by Crippen LogP contribution is 2.56. The third-order valence-corrected chi connectivity index (χ3v) is 13.3. The van der Waals surface area contributed by atoms with Crippen LogP contribution in [0.1, 0.15) is 22.3 Å². The van der Waals surface area contributed by atoms with Crippen LogP contribution in [-0.4, -0.2) is 0 Å². The van der Waals surface area contributed by atoms with E-state index < -0.39 is 0 Å². The lowest BCUT2D eigenvalue weighted by molar-refractivity contribution is 1.38. The van der Waals surface area contributed by atoms with E-state index in [9.17, 15) is 0 Å². The first-order valence-electron chi connectivity index (χ1n) is 20.5. The van der Waals surface area contributed by atoms with Gasteiger partial charge in [-0.2, -0.15) is 0 Å². The van der Waals surface area contributed by atoms with E-state index in [1.165, 1.54) is 142 Å². The molecular formula is C58H40. The smallest absolute Gasteiger partial charge is 0.000718 e. The molecule has 0 radical (unpaired) electrons. The fraction of sp³-hybridized carbons (Fsp3) is 0.0690. The van der Waals surface area contributed by atoms with Gasteiger partial charge in [0.25, 0.3) is 0 Å². The van der Waals surface area contributed by atoms with Crippen molar-refractivity contribution in [3.63, 3.8) is 0 Å². The lowest BCUT2D eigenvalue weighted by Crippen LogP contribution is -1.94. The van der Waals surface area contributed by atoms with E-state index in [1.54, 1.807) is 0 Å². The predicted octanol–water partition coefficient (Wildman–Crippen LogP) is 16.5. The van der Waals surface area contributed by atoms with E-state index in [2.05, 4.69) is 198 Å². The van der Waals surface area contributed by atoms with Crippen LogP contribution in [0.3, 0.4) is 0 Å². The Morgan fingerprint density at radius 1 is 0.224 bits per heavy atom. The highest BCUT2D eigenvalue weighted by atomic mass is 14.3. The lowest BCUT2D eigenvalue weighted by atomic mass is 9.82. The largest absolute Gasteiger partial charge is 0.0622 e. The molecule has 0 nitrogen and oxygen atoms in total. The molecule has 0 fully saturated rings. The Kier molecular flexibility index (Phi) is 7.00. The fourth-order valence-corrected chi connectivity index (χ4v) is 11.0. The summed E-state index contributed by atoms with van der Waals surface area (Å²) < 4.78 is 0. The van der Waals surface area contributed by atoms with Gasteiger partial charge in [0.15, 0.2) is 0 Å². The summed E-state index contributed by atoms with van der Waals surface area (Å²) in [5.74, 6) is 0. The average molecular weight is 737 g/mol. The molecule has 0 unspecified atom stereocenters. The minimum Gasteiger partial charge on any atom is -0.0622 e. The molecule has 0 amide bonds. The van der Waals surface area contributed by atoms with Gasteiger partial charge in [-0.25, -0.2) is 0 Å². The normalized spacial score (nSPS) is 12.1. The highest BCUT2D eigenvalue weighted by Gasteiger charge is 2.28. The molecule has 12 aromatic rings. The lowest BCUT2D eigenvalue weighted by Gasteiger charge is -2.21. The average Bonchev–Trinajstić information content (AvgIpc) is 3.75. The molecular weight excluding hydrogens is 697 g/mol. The van der Waals surface area contributed by atoms with Crippen LogP contribution in [-0.2, 0) is 0 Å². The van der Waals surface area contributed by atoms with Gasteiger partial charge in [0, 0.05) is 0 Å². The molecule has 12 aromatic carbocycles. The predicted molar refractivity (Wildman–Crippen MR) is 252 cm³/mol. The maximum atomic E-state index is 2.55. The van der Waals surface area contributed by atoms with Gasteiger partial charge < -0.3 is 0 Å². The molecule has 0 bridgehead atoms. The minimum atomic E-state index is 1.25. The molecule has 0 spiro atoms. The monoisotopic (exact) mass is 736 g/mol.